The van der Waals surface area contributed by atoms with Crippen molar-refractivity contribution in [3.63, 3.8) is 0 Å². The van der Waals surface area contributed by atoms with Crippen LogP contribution in [0.1, 0.15) is 17.3 Å². The molecule has 0 spiro atoms. The summed E-state index contributed by atoms with van der Waals surface area (Å²) in [4.78, 5) is 40.2. The molecule has 0 radical (unpaired) electrons. The van der Waals surface area contributed by atoms with Crippen molar-refractivity contribution in [2.75, 3.05) is 43.0 Å². The summed E-state index contributed by atoms with van der Waals surface area (Å²) in [5.41, 5.74) is 0.876. The number of nitrogens with zero attached hydrogens (tertiary/aromatic N) is 2. The fourth-order valence-corrected chi connectivity index (χ4v) is 3.16. The first kappa shape index (κ1) is 20.3. The minimum Gasteiger partial charge on any atom is -0.462 e. The molecule has 1 fully saturated rings. The number of hydrogen-bond donors (Lipinski definition) is 1. The Labute approximate surface area is 168 Å². The molecule has 0 aromatic heterocycles. The number of para-hydroxylation sites is 2. The first-order valence-electron chi connectivity index (χ1n) is 9.37. The third kappa shape index (κ3) is 4.71. The molecule has 3 rings (SSSR count). The summed E-state index contributed by atoms with van der Waals surface area (Å²) in [7, 11) is 0. The molecular formula is C21H22FN3O4. The number of amides is 2. The lowest BCUT2D eigenvalue weighted by atomic mass is 10.1. The quantitative estimate of drug-likeness (QED) is 0.630. The molecule has 1 saturated heterocycles. The zero-order chi connectivity index (χ0) is 20.8. The van der Waals surface area contributed by atoms with Gasteiger partial charge >= 0.3 is 17.8 Å². The summed E-state index contributed by atoms with van der Waals surface area (Å²) in [6, 6.07) is 12.8. The predicted octanol–water partition coefficient (Wildman–Crippen LogP) is 2.29. The number of rotatable bonds is 4. The second kappa shape index (κ2) is 9.18. The van der Waals surface area contributed by atoms with E-state index in [1.54, 1.807) is 37.3 Å². The van der Waals surface area contributed by atoms with Gasteiger partial charge in [0.2, 0.25) is 0 Å². The Hall–Kier alpha value is -3.42. The average Bonchev–Trinajstić information content (AvgIpc) is 2.74. The molecule has 2 aromatic carbocycles. The molecule has 0 atom stereocenters. The normalized spacial score (nSPS) is 13.7. The van der Waals surface area contributed by atoms with Crippen molar-refractivity contribution in [1.29, 1.82) is 0 Å². The second-order valence-corrected chi connectivity index (χ2v) is 6.45. The highest BCUT2D eigenvalue weighted by Crippen LogP contribution is 2.21. The van der Waals surface area contributed by atoms with Gasteiger partial charge in [-0.15, -0.1) is 0 Å². The molecule has 7 nitrogen and oxygen atoms in total. The molecule has 152 valence electrons. The summed E-state index contributed by atoms with van der Waals surface area (Å²) >= 11 is 0. The third-order valence-electron chi connectivity index (χ3n) is 4.62. The van der Waals surface area contributed by atoms with Crippen LogP contribution in [0.25, 0.3) is 0 Å². The van der Waals surface area contributed by atoms with Gasteiger partial charge in [-0.1, -0.05) is 24.3 Å². The van der Waals surface area contributed by atoms with Gasteiger partial charge in [-0.05, 0) is 31.2 Å². The maximum Gasteiger partial charge on any atom is 0.340 e. The van der Waals surface area contributed by atoms with Gasteiger partial charge in [0.05, 0.1) is 23.5 Å². The summed E-state index contributed by atoms with van der Waals surface area (Å²) in [6.07, 6.45) is 0. The van der Waals surface area contributed by atoms with E-state index in [-0.39, 0.29) is 23.7 Å². The number of hydrogen-bond acceptors (Lipinski definition) is 5. The molecule has 0 aliphatic carbocycles. The molecule has 29 heavy (non-hydrogen) atoms. The topological polar surface area (TPSA) is 78.9 Å². The summed E-state index contributed by atoms with van der Waals surface area (Å²) in [6.45, 7) is 3.30. The second-order valence-electron chi connectivity index (χ2n) is 6.45. The van der Waals surface area contributed by atoms with E-state index in [1.807, 2.05) is 4.90 Å². The maximum absolute atomic E-state index is 13.9. The van der Waals surface area contributed by atoms with Crippen molar-refractivity contribution in [2.45, 2.75) is 6.92 Å². The number of carbonyl (C=O) groups is 3. The Morgan fingerprint density at radius 1 is 1.00 bits per heavy atom. The van der Waals surface area contributed by atoms with E-state index >= 15 is 0 Å². The van der Waals surface area contributed by atoms with E-state index in [0.717, 1.165) is 0 Å². The Bertz CT molecular complexity index is 910. The lowest BCUT2D eigenvalue weighted by molar-refractivity contribution is -0.143. The van der Waals surface area contributed by atoms with Crippen LogP contribution in [0, 0.1) is 5.82 Å². The zero-order valence-electron chi connectivity index (χ0n) is 16.1. The van der Waals surface area contributed by atoms with Gasteiger partial charge in [-0.25, -0.2) is 9.18 Å². The van der Waals surface area contributed by atoms with Crippen LogP contribution in [0.3, 0.4) is 0 Å². The predicted molar refractivity (Wildman–Crippen MR) is 106 cm³/mol. The number of ether oxygens (including phenoxy) is 1. The molecule has 1 N–H and O–H groups in total. The molecule has 1 aliphatic heterocycles. The first-order valence-corrected chi connectivity index (χ1v) is 9.37. The summed E-state index contributed by atoms with van der Waals surface area (Å²) in [5, 5.41) is 2.49. The molecule has 0 unspecified atom stereocenters. The number of anilines is 2. The van der Waals surface area contributed by atoms with Crippen molar-refractivity contribution in [3.05, 3.63) is 59.9 Å². The Morgan fingerprint density at radius 3 is 2.34 bits per heavy atom. The van der Waals surface area contributed by atoms with Gasteiger partial charge in [-0.3, -0.25) is 9.59 Å². The van der Waals surface area contributed by atoms with Crippen LogP contribution in [-0.2, 0) is 14.3 Å². The van der Waals surface area contributed by atoms with Crippen molar-refractivity contribution in [3.8, 4) is 0 Å². The van der Waals surface area contributed by atoms with E-state index in [2.05, 4.69) is 5.32 Å². The third-order valence-corrected chi connectivity index (χ3v) is 4.62. The van der Waals surface area contributed by atoms with Crippen LogP contribution in [0.2, 0.25) is 0 Å². The van der Waals surface area contributed by atoms with E-state index in [9.17, 15) is 18.8 Å². The minimum atomic E-state index is -0.832. The highest BCUT2D eigenvalue weighted by molar-refractivity contribution is 6.39. The van der Waals surface area contributed by atoms with E-state index in [4.69, 9.17) is 4.74 Å². The van der Waals surface area contributed by atoms with Gasteiger partial charge in [0.25, 0.3) is 0 Å². The monoisotopic (exact) mass is 399 g/mol. The molecular weight excluding hydrogens is 377 g/mol. The van der Waals surface area contributed by atoms with Crippen molar-refractivity contribution >= 4 is 29.2 Å². The number of carbonyl (C=O) groups excluding carboxylic acids is 3. The van der Waals surface area contributed by atoms with Crippen molar-refractivity contribution < 1.29 is 23.5 Å². The number of piperazine rings is 1. The molecule has 2 amide bonds. The highest BCUT2D eigenvalue weighted by Gasteiger charge is 2.27. The lowest BCUT2D eigenvalue weighted by Gasteiger charge is -2.35. The number of halogens is 1. The first-order chi connectivity index (χ1) is 14.0. The van der Waals surface area contributed by atoms with E-state index < -0.39 is 17.8 Å². The van der Waals surface area contributed by atoms with Crippen LogP contribution in [-0.4, -0.2) is 55.5 Å². The molecule has 1 aliphatic rings. The van der Waals surface area contributed by atoms with Gasteiger partial charge in [0, 0.05) is 26.2 Å². The summed E-state index contributed by atoms with van der Waals surface area (Å²) < 4.78 is 18.9. The maximum atomic E-state index is 13.9. The Kier molecular flexibility index (Phi) is 6.43. The number of esters is 1. The van der Waals surface area contributed by atoms with Crippen LogP contribution in [0.15, 0.2) is 48.5 Å². The zero-order valence-corrected chi connectivity index (χ0v) is 16.1. The van der Waals surface area contributed by atoms with Gasteiger partial charge in [0.1, 0.15) is 5.82 Å². The van der Waals surface area contributed by atoms with Crippen LogP contribution in [0.4, 0.5) is 15.8 Å². The van der Waals surface area contributed by atoms with Gasteiger partial charge in [0.15, 0.2) is 0 Å². The SMILES string of the molecule is CCOC(=O)c1ccccc1NC(=O)C(=O)N1CCN(c2ccccc2F)CC1. The summed E-state index contributed by atoms with van der Waals surface area (Å²) in [5.74, 6) is -2.42. The standard InChI is InChI=1S/C21H22FN3O4/c1-2-29-21(28)15-7-3-5-9-17(15)23-19(26)20(27)25-13-11-24(12-14-25)18-10-6-4-8-16(18)22/h3-10H,2,11-14H2,1H3,(H,23,26). The molecule has 8 heteroatoms. The largest absolute Gasteiger partial charge is 0.462 e. The van der Waals surface area contributed by atoms with E-state index in [1.165, 1.54) is 23.1 Å². The van der Waals surface area contributed by atoms with Crippen molar-refractivity contribution in [1.82, 2.24) is 4.90 Å². The molecule has 2 aromatic rings. The van der Waals surface area contributed by atoms with Crippen molar-refractivity contribution in [2.24, 2.45) is 0 Å². The minimum absolute atomic E-state index is 0.180. The Morgan fingerprint density at radius 2 is 1.66 bits per heavy atom. The average molecular weight is 399 g/mol. The number of nitrogens with one attached hydrogen (secondary N) is 1. The highest BCUT2D eigenvalue weighted by atomic mass is 19.1. The van der Waals surface area contributed by atoms with Gasteiger partial charge < -0.3 is 19.9 Å². The number of benzene rings is 2. The fourth-order valence-electron chi connectivity index (χ4n) is 3.16. The smallest absolute Gasteiger partial charge is 0.340 e. The molecule has 1 heterocycles. The van der Waals surface area contributed by atoms with Crippen LogP contribution in [0.5, 0.6) is 0 Å². The van der Waals surface area contributed by atoms with Crippen LogP contribution < -0.4 is 10.2 Å². The molecule has 0 saturated carbocycles. The van der Waals surface area contributed by atoms with Crippen LogP contribution >= 0.6 is 0 Å². The van der Waals surface area contributed by atoms with Gasteiger partial charge in [-0.2, -0.15) is 0 Å². The lowest BCUT2D eigenvalue weighted by Crippen LogP contribution is -2.51. The fraction of sp³-hybridized carbons (Fsp3) is 0.286. The van der Waals surface area contributed by atoms with E-state index in [0.29, 0.717) is 31.9 Å². The molecule has 0 bridgehead atoms. The Balaban J connectivity index is 1.62.